The largest absolute Gasteiger partial charge is 0.399 e. The lowest BCUT2D eigenvalue weighted by molar-refractivity contribution is 1.53. The Bertz CT molecular complexity index is 2420. The maximum Gasteiger partial charge on any atom is 0.0314 e. The molecule has 0 saturated carbocycles. The molecule has 0 atom stereocenters. The molecule has 0 saturated heterocycles. The summed E-state index contributed by atoms with van der Waals surface area (Å²) in [7, 11) is 0. The van der Waals surface area contributed by atoms with E-state index in [1.165, 1.54) is 33.4 Å². The Balaban J connectivity index is 1.22. The van der Waals surface area contributed by atoms with Crippen LogP contribution in [0.2, 0.25) is 0 Å². The number of nitrogen functional groups attached to an aromatic ring is 2. The molecular formula is C54H40N2. The van der Waals surface area contributed by atoms with E-state index in [9.17, 15) is 0 Å². The number of anilines is 2. The number of hydrogen-bond acceptors (Lipinski definition) is 2. The highest BCUT2D eigenvalue weighted by molar-refractivity contribution is 5.99. The minimum absolute atomic E-state index is 0.750. The van der Waals surface area contributed by atoms with E-state index in [4.69, 9.17) is 11.5 Å². The quantitative estimate of drug-likeness (QED) is 0.154. The van der Waals surface area contributed by atoms with Gasteiger partial charge in [0.05, 0.1) is 0 Å². The van der Waals surface area contributed by atoms with Crippen molar-refractivity contribution in [2.75, 3.05) is 11.5 Å². The van der Waals surface area contributed by atoms with E-state index >= 15 is 0 Å². The molecule has 0 spiro atoms. The van der Waals surface area contributed by atoms with Gasteiger partial charge in [0.15, 0.2) is 0 Å². The highest BCUT2D eigenvalue weighted by atomic mass is 14.5. The zero-order valence-electron chi connectivity index (χ0n) is 30.9. The van der Waals surface area contributed by atoms with Crippen LogP contribution in [0.1, 0.15) is 0 Å². The monoisotopic (exact) mass is 716 g/mol. The number of hydrogen-bond donors (Lipinski definition) is 2. The number of nitrogens with two attached hydrogens (primary N) is 2. The van der Waals surface area contributed by atoms with Crippen LogP contribution in [0.15, 0.2) is 218 Å². The molecule has 0 unspecified atom stereocenters. The Morgan fingerprint density at radius 1 is 0.196 bits per heavy atom. The zero-order chi connectivity index (χ0) is 37.8. The van der Waals surface area contributed by atoms with Gasteiger partial charge in [-0.3, -0.25) is 0 Å². The molecule has 0 radical (unpaired) electrons. The molecule has 0 aromatic heterocycles. The van der Waals surface area contributed by atoms with Crippen LogP contribution < -0.4 is 11.5 Å². The summed E-state index contributed by atoms with van der Waals surface area (Å²) in [6.07, 6.45) is 0. The molecule has 9 aromatic carbocycles. The first-order valence-corrected chi connectivity index (χ1v) is 19.0. The number of benzene rings is 9. The van der Waals surface area contributed by atoms with Gasteiger partial charge in [-0.05, 0) is 138 Å². The van der Waals surface area contributed by atoms with Crippen LogP contribution in [0, 0.1) is 0 Å². The second-order valence-electron chi connectivity index (χ2n) is 14.2. The van der Waals surface area contributed by atoms with Crippen molar-refractivity contribution in [2.45, 2.75) is 0 Å². The van der Waals surface area contributed by atoms with Gasteiger partial charge in [0, 0.05) is 11.4 Å². The van der Waals surface area contributed by atoms with Gasteiger partial charge < -0.3 is 11.5 Å². The van der Waals surface area contributed by atoms with E-state index in [2.05, 4.69) is 194 Å². The highest BCUT2D eigenvalue weighted by Crippen LogP contribution is 2.46. The topological polar surface area (TPSA) is 52.0 Å². The molecule has 0 amide bonds. The van der Waals surface area contributed by atoms with Crippen molar-refractivity contribution < 1.29 is 0 Å². The van der Waals surface area contributed by atoms with Gasteiger partial charge in [0.1, 0.15) is 0 Å². The fourth-order valence-electron chi connectivity index (χ4n) is 7.78. The van der Waals surface area contributed by atoms with Gasteiger partial charge in [-0.1, -0.05) is 170 Å². The zero-order valence-corrected chi connectivity index (χ0v) is 30.9. The summed E-state index contributed by atoms with van der Waals surface area (Å²) in [4.78, 5) is 0. The fraction of sp³-hybridized carbons (Fsp3) is 0. The predicted octanol–water partition coefficient (Wildman–Crippen LogP) is 14.2. The van der Waals surface area contributed by atoms with Crippen molar-refractivity contribution in [1.29, 1.82) is 0 Å². The first-order valence-electron chi connectivity index (χ1n) is 19.0. The van der Waals surface area contributed by atoms with E-state index in [0.717, 1.165) is 67.0 Å². The third-order valence-electron chi connectivity index (χ3n) is 10.6. The summed E-state index contributed by atoms with van der Waals surface area (Å²) in [6, 6.07) is 77.6. The molecule has 2 heteroatoms. The average Bonchev–Trinajstić information content (AvgIpc) is 3.27. The Morgan fingerprint density at radius 3 is 0.679 bits per heavy atom. The normalized spacial score (nSPS) is 11.0. The van der Waals surface area contributed by atoms with Gasteiger partial charge >= 0.3 is 0 Å². The van der Waals surface area contributed by atoms with Crippen molar-refractivity contribution in [3.05, 3.63) is 218 Å². The molecule has 0 fully saturated rings. The van der Waals surface area contributed by atoms with Crippen LogP contribution in [0.3, 0.4) is 0 Å². The summed E-state index contributed by atoms with van der Waals surface area (Å²) in [5, 5.41) is 0. The summed E-state index contributed by atoms with van der Waals surface area (Å²) in [5.41, 5.74) is 32.4. The van der Waals surface area contributed by atoms with E-state index in [0.29, 0.717) is 0 Å². The molecule has 0 aliphatic rings. The van der Waals surface area contributed by atoms with Crippen LogP contribution in [-0.2, 0) is 0 Å². The molecule has 0 aliphatic carbocycles. The lowest BCUT2D eigenvalue weighted by Gasteiger charge is -2.20. The van der Waals surface area contributed by atoms with Crippen molar-refractivity contribution in [3.63, 3.8) is 0 Å². The smallest absolute Gasteiger partial charge is 0.0314 e. The lowest BCUT2D eigenvalue weighted by atomic mass is 9.83. The van der Waals surface area contributed by atoms with Gasteiger partial charge in [-0.25, -0.2) is 0 Å². The van der Waals surface area contributed by atoms with Gasteiger partial charge in [0.25, 0.3) is 0 Å². The Morgan fingerprint density at radius 2 is 0.429 bits per heavy atom. The molecule has 9 aromatic rings. The second kappa shape index (κ2) is 15.1. The SMILES string of the molecule is Nc1ccc(-c2c(-c3ccccc3)cc(-c3ccc(-c4cc(-c5ccccc5)c(-c5ccc(N)cc5)c(-c5ccccc5)c4)cc3)cc2-c2ccccc2)cc1. The maximum atomic E-state index is 6.17. The van der Waals surface area contributed by atoms with Crippen LogP contribution in [0.5, 0.6) is 0 Å². The predicted molar refractivity (Wildman–Crippen MR) is 239 cm³/mol. The van der Waals surface area contributed by atoms with E-state index < -0.39 is 0 Å². The van der Waals surface area contributed by atoms with Crippen LogP contribution in [0.25, 0.3) is 89.0 Å². The molecular weight excluding hydrogens is 677 g/mol. The summed E-state index contributed by atoms with van der Waals surface area (Å²) in [5.74, 6) is 0. The van der Waals surface area contributed by atoms with Crippen LogP contribution in [-0.4, -0.2) is 0 Å². The molecule has 56 heavy (non-hydrogen) atoms. The lowest BCUT2D eigenvalue weighted by Crippen LogP contribution is -1.94. The average molecular weight is 717 g/mol. The van der Waals surface area contributed by atoms with E-state index in [1.807, 2.05) is 24.3 Å². The second-order valence-corrected chi connectivity index (χ2v) is 14.2. The third kappa shape index (κ3) is 6.88. The van der Waals surface area contributed by atoms with Crippen LogP contribution >= 0.6 is 0 Å². The minimum Gasteiger partial charge on any atom is -0.399 e. The van der Waals surface area contributed by atoms with Crippen molar-refractivity contribution in [3.8, 4) is 89.0 Å². The Labute approximate surface area is 329 Å². The molecule has 266 valence electrons. The minimum atomic E-state index is 0.750. The third-order valence-corrected chi connectivity index (χ3v) is 10.6. The molecule has 4 N–H and O–H groups in total. The standard InChI is InChI=1S/C54H40N2/c55-47-29-25-43(26-30-47)53-49(39-13-5-1-6-14-39)33-45(34-50(53)40-15-7-2-8-16-40)37-21-23-38(24-22-37)46-35-51(41-17-9-3-10-18-41)54(44-27-31-48(56)32-28-44)52(36-46)42-19-11-4-12-20-42/h1-36H,55-56H2. The van der Waals surface area contributed by atoms with Crippen molar-refractivity contribution in [1.82, 2.24) is 0 Å². The van der Waals surface area contributed by atoms with E-state index in [-0.39, 0.29) is 0 Å². The van der Waals surface area contributed by atoms with Gasteiger partial charge in [-0.2, -0.15) is 0 Å². The summed E-state index contributed by atoms with van der Waals surface area (Å²) < 4.78 is 0. The first kappa shape index (κ1) is 34.4. The fourth-order valence-corrected chi connectivity index (χ4v) is 7.78. The van der Waals surface area contributed by atoms with Crippen LogP contribution in [0.4, 0.5) is 11.4 Å². The summed E-state index contributed by atoms with van der Waals surface area (Å²) >= 11 is 0. The molecule has 0 heterocycles. The van der Waals surface area contributed by atoms with E-state index in [1.54, 1.807) is 0 Å². The molecule has 2 nitrogen and oxygen atoms in total. The molecule has 0 bridgehead atoms. The van der Waals surface area contributed by atoms with Gasteiger partial charge in [0.2, 0.25) is 0 Å². The molecule has 9 rings (SSSR count). The Hall–Kier alpha value is -7.42. The van der Waals surface area contributed by atoms with Crippen molar-refractivity contribution >= 4 is 11.4 Å². The first-order chi connectivity index (χ1) is 27.6. The molecule has 0 aliphatic heterocycles. The number of rotatable bonds is 8. The van der Waals surface area contributed by atoms with Crippen molar-refractivity contribution in [2.24, 2.45) is 0 Å². The maximum absolute atomic E-state index is 6.17. The summed E-state index contributed by atoms with van der Waals surface area (Å²) in [6.45, 7) is 0. The van der Waals surface area contributed by atoms with Gasteiger partial charge in [-0.15, -0.1) is 0 Å². The highest BCUT2D eigenvalue weighted by Gasteiger charge is 2.19. The Kier molecular flexibility index (Phi) is 9.29.